The zero-order valence-corrected chi connectivity index (χ0v) is 11.0. The Kier molecular flexibility index (Phi) is 4.32. The molecule has 0 saturated heterocycles. The van der Waals surface area contributed by atoms with Gasteiger partial charge in [-0.3, -0.25) is 10.1 Å². The van der Waals surface area contributed by atoms with Gasteiger partial charge >= 0.3 is 5.69 Å². The molecule has 2 aromatic carbocycles. The summed E-state index contributed by atoms with van der Waals surface area (Å²) in [4.78, 5) is 10.3. The lowest BCUT2D eigenvalue weighted by Crippen LogP contribution is -2.02. The van der Waals surface area contributed by atoms with Crippen LogP contribution >= 0.6 is 0 Å². The Morgan fingerprint density at radius 1 is 1.24 bits per heavy atom. The molecule has 2 aromatic rings. The van der Waals surface area contributed by atoms with Gasteiger partial charge in [-0.25, -0.2) is 8.78 Å². The molecule has 0 amide bonds. The second kappa shape index (κ2) is 6.17. The Balaban J connectivity index is 2.23. The number of nitro groups is 1. The Hall–Kier alpha value is -2.70. The monoisotopic (exact) mass is 295 g/mol. The van der Waals surface area contributed by atoms with Crippen molar-refractivity contribution in [2.75, 3.05) is 7.11 Å². The van der Waals surface area contributed by atoms with Crippen molar-refractivity contribution in [1.29, 1.82) is 0 Å². The van der Waals surface area contributed by atoms with Crippen molar-refractivity contribution in [2.24, 2.45) is 0 Å². The molecule has 5 nitrogen and oxygen atoms in total. The van der Waals surface area contributed by atoms with Crippen LogP contribution in [0.1, 0.15) is 5.56 Å². The predicted octanol–water partition coefficient (Wildman–Crippen LogP) is 3.46. The second-order valence-corrected chi connectivity index (χ2v) is 4.09. The lowest BCUT2D eigenvalue weighted by molar-refractivity contribution is -0.386. The standard InChI is InChI=1S/C14H11F2NO4/c1-20-10-5-6-13(12(7-10)17(18)19)21-8-9-3-2-4-11(15)14(9)16/h2-7H,8H2,1H3. The molecule has 0 saturated carbocycles. The minimum absolute atomic E-state index is 0.0277. The van der Waals surface area contributed by atoms with Crippen LogP contribution in [0.4, 0.5) is 14.5 Å². The van der Waals surface area contributed by atoms with Crippen LogP contribution in [-0.2, 0) is 6.61 Å². The lowest BCUT2D eigenvalue weighted by Gasteiger charge is -2.09. The number of nitrogens with zero attached hydrogens (tertiary/aromatic N) is 1. The average molecular weight is 295 g/mol. The van der Waals surface area contributed by atoms with Crippen molar-refractivity contribution in [3.05, 3.63) is 63.7 Å². The zero-order chi connectivity index (χ0) is 15.4. The van der Waals surface area contributed by atoms with Crippen molar-refractivity contribution >= 4 is 5.69 Å². The normalized spacial score (nSPS) is 10.2. The molecule has 0 unspecified atom stereocenters. The van der Waals surface area contributed by atoms with E-state index in [1.54, 1.807) is 0 Å². The Morgan fingerprint density at radius 3 is 2.67 bits per heavy atom. The summed E-state index contributed by atoms with van der Waals surface area (Å²) in [6.45, 7) is -0.323. The zero-order valence-electron chi connectivity index (χ0n) is 11.0. The number of hydrogen-bond acceptors (Lipinski definition) is 4. The Labute approximate surface area is 118 Å². The first kappa shape index (κ1) is 14.7. The molecule has 0 aliphatic rings. The lowest BCUT2D eigenvalue weighted by atomic mass is 10.2. The van der Waals surface area contributed by atoms with E-state index in [1.807, 2.05) is 0 Å². The van der Waals surface area contributed by atoms with E-state index >= 15 is 0 Å². The van der Waals surface area contributed by atoms with Crippen LogP contribution in [0.15, 0.2) is 36.4 Å². The summed E-state index contributed by atoms with van der Waals surface area (Å²) in [6, 6.07) is 7.66. The van der Waals surface area contributed by atoms with Crippen LogP contribution in [-0.4, -0.2) is 12.0 Å². The van der Waals surface area contributed by atoms with E-state index in [0.717, 1.165) is 6.07 Å². The molecule has 0 spiro atoms. The first-order valence-corrected chi connectivity index (χ1v) is 5.91. The van der Waals surface area contributed by atoms with Crippen LogP contribution in [0.25, 0.3) is 0 Å². The van der Waals surface area contributed by atoms with Gasteiger partial charge in [-0.05, 0) is 18.2 Å². The van der Waals surface area contributed by atoms with Crippen molar-refractivity contribution < 1.29 is 23.2 Å². The number of benzene rings is 2. The highest BCUT2D eigenvalue weighted by molar-refractivity contribution is 5.51. The fraction of sp³-hybridized carbons (Fsp3) is 0.143. The number of ether oxygens (including phenoxy) is 2. The van der Waals surface area contributed by atoms with Crippen molar-refractivity contribution in [2.45, 2.75) is 6.61 Å². The highest BCUT2D eigenvalue weighted by Crippen LogP contribution is 2.31. The maximum absolute atomic E-state index is 13.5. The van der Waals surface area contributed by atoms with E-state index < -0.39 is 16.6 Å². The van der Waals surface area contributed by atoms with Crippen LogP contribution in [0, 0.1) is 21.7 Å². The van der Waals surface area contributed by atoms with Gasteiger partial charge < -0.3 is 9.47 Å². The molecule has 21 heavy (non-hydrogen) atoms. The molecule has 0 heterocycles. The van der Waals surface area contributed by atoms with Gasteiger partial charge in [-0.15, -0.1) is 0 Å². The molecular formula is C14H11F2NO4. The molecule has 0 aliphatic heterocycles. The van der Waals surface area contributed by atoms with Crippen molar-refractivity contribution in [1.82, 2.24) is 0 Å². The number of hydrogen-bond donors (Lipinski definition) is 0. The minimum atomic E-state index is -1.03. The van der Waals surface area contributed by atoms with Crippen LogP contribution in [0.3, 0.4) is 0 Å². The van der Waals surface area contributed by atoms with Gasteiger partial charge in [-0.2, -0.15) is 0 Å². The largest absolute Gasteiger partial charge is 0.496 e. The first-order chi connectivity index (χ1) is 10.0. The molecule has 0 aliphatic carbocycles. The van der Waals surface area contributed by atoms with Gasteiger partial charge in [0.25, 0.3) is 0 Å². The maximum atomic E-state index is 13.5. The molecule has 0 aromatic heterocycles. The highest BCUT2D eigenvalue weighted by atomic mass is 19.2. The molecule has 0 atom stereocenters. The summed E-state index contributed by atoms with van der Waals surface area (Å²) >= 11 is 0. The molecule has 2 rings (SSSR count). The molecule has 110 valence electrons. The van der Waals surface area contributed by atoms with Gasteiger partial charge in [0.2, 0.25) is 0 Å². The van der Waals surface area contributed by atoms with E-state index in [2.05, 4.69) is 0 Å². The maximum Gasteiger partial charge on any atom is 0.314 e. The van der Waals surface area contributed by atoms with E-state index in [1.165, 1.54) is 37.4 Å². The minimum Gasteiger partial charge on any atom is -0.496 e. The number of rotatable bonds is 5. The molecule has 0 bridgehead atoms. The third-order valence-electron chi connectivity index (χ3n) is 2.78. The van der Waals surface area contributed by atoms with Gasteiger partial charge in [0.05, 0.1) is 18.1 Å². The first-order valence-electron chi connectivity index (χ1n) is 5.91. The van der Waals surface area contributed by atoms with Crippen LogP contribution < -0.4 is 9.47 Å². The number of halogens is 2. The van der Waals surface area contributed by atoms with Gasteiger partial charge in [0.15, 0.2) is 17.4 Å². The fourth-order valence-electron chi connectivity index (χ4n) is 1.70. The summed E-state index contributed by atoms with van der Waals surface area (Å²) in [5.41, 5.74) is -0.341. The molecular weight excluding hydrogens is 284 g/mol. The van der Waals surface area contributed by atoms with Crippen molar-refractivity contribution in [3.63, 3.8) is 0 Å². The van der Waals surface area contributed by atoms with Gasteiger partial charge in [-0.1, -0.05) is 12.1 Å². The summed E-state index contributed by atoms with van der Waals surface area (Å²) in [6.07, 6.45) is 0. The van der Waals surface area contributed by atoms with Crippen LogP contribution in [0.2, 0.25) is 0 Å². The van der Waals surface area contributed by atoms with E-state index in [-0.39, 0.29) is 23.6 Å². The molecule has 0 fully saturated rings. The topological polar surface area (TPSA) is 61.6 Å². The number of methoxy groups -OCH3 is 1. The van der Waals surface area contributed by atoms with Gasteiger partial charge in [0, 0.05) is 5.56 Å². The third-order valence-corrected chi connectivity index (χ3v) is 2.78. The van der Waals surface area contributed by atoms with Crippen LogP contribution in [0.5, 0.6) is 11.5 Å². The Bertz CT molecular complexity index is 676. The SMILES string of the molecule is COc1ccc(OCc2cccc(F)c2F)c([N+](=O)[O-])c1. The second-order valence-electron chi connectivity index (χ2n) is 4.09. The van der Waals surface area contributed by atoms with E-state index in [4.69, 9.17) is 9.47 Å². The quantitative estimate of drug-likeness (QED) is 0.626. The smallest absolute Gasteiger partial charge is 0.314 e. The summed E-state index contributed by atoms with van der Waals surface area (Å²) < 4.78 is 36.6. The van der Waals surface area contributed by atoms with Gasteiger partial charge in [0.1, 0.15) is 12.4 Å². The third kappa shape index (κ3) is 3.25. The molecule has 0 radical (unpaired) electrons. The van der Waals surface area contributed by atoms with Crippen molar-refractivity contribution in [3.8, 4) is 11.5 Å². The summed E-state index contributed by atoms with van der Waals surface area (Å²) in [7, 11) is 1.38. The predicted molar refractivity (Wildman–Crippen MR) is 70.3 cm³/mol. The number of nitro benzene ring substituents is 1. The molecule has 7 heteroatoms. The fourth-order valence-corrected chi connectivity index (χ4v) is 1.70. The van der Waals surface area contributed by atoms with E-state index in [9.17, 15) is 18.9 Å². The summed E-state index contributed by atoms with van der Waals surface area (Å²) in [5.74, 6) is -1.79. The molecule has 0 N–H and O–H groups in total. The summed E-state index contributed by atoms with van der Waals surface area (Å²) in [5, 5.41) is 11.0. The Morgan fingerprint density at radius 2 is 2.00 bits per heavy atom. The average Bonchev–Trinajstić information content (AvgIpc) is 2.48. The van der Waals surface area contributed by atoms with E-state index in [0.29, 0.717) is 5.75 Å². The highest BCUT2D eigenvalue weighted by Gasteiger charge is 2.17.